The summed E-state index contributed by atoms with van der Waals surface area (Å²) in [5, 5.41) is -0.594. The molecule has 0 amide bonds. The van der Waals surface area contributed by atoms with E-state index in [1.807, 2.05) is 0 Å². The van der Waals surface area contributed by atoms with Gasteiger partial charge >= 0.3 is 0 Å². The highest BCUT2D eigenvalue weighted by Crippen LogP contribution is 2.50. The van der Waals surface area contributed by atoms with Crippen molar-refractivity contribution in [2.24, 2.45) is 0 Å². The van der Waals surface area contributed by atoms with E-state index < -0.39 is 131 Å². The first-order valence-corrected chi connectivity index (χ1v) is 18.9. The Morgan fingerprint density at radius 3 is 0.778 bits per heavy atom. The van der Waals surface area contributed by atoms with Crippen LogP contribution >= 0.6 is 7.35 Å². The Bertz CT molecular complexity index is 2120. The Kier molecular flexibility index (Phi) is 10.5. The van der Waals surface area contributed by atoms with Gasteiger partial charge in [0.15, 0.2) is 52.4 Å². The van der Waals surface area contributed by atoms with Gasteiger partial charge in [0.05, 0.1) is 0 Å². The summed E-state index contributed by atoms with van der Waals surface area (Å²) in [5.74, 6) is -51.1. The topological polar surface area (TPSA) is 0 Å². The molecule has 6 aromatic rings. The third-order valence-electron chi connectivity index (χ3n) is 8.74. The second-order valence-corrected chi connectivity index (χ2v) is 18.2. The lowest BCUT2D eigenvalue weighted by Crippen LogP contribution is -2.75. The molecular weight excluding hydrogens is 787 g/mol. The SMILES string of the molecule is Fc1c(F)c(F)c([B-](c2c(F)c(F)c(F)c(F)c2F)(c2c(F)c(F)c(F)c(F)c2F)P(c2ccccc2)[Si](c2ccccc2)c2ccccc2)c(F)c1F. The Labute approximate surface area is 297 Å². The van der Waals surface area contributed by atoms with Gasteiger partial charge in [0.2, 0.25) is 0 Å². The lowest BCUT2D eigenvalue weighted by atomic mass is 9.33. The smallest absolute Gasteiger partial charge is 0.200 e. The zero-order valence-electron chi connectivity index (χ0n) is 26.4. The Balaban J connectivity index is 2.10. The highest BCUT2D eigenvalue weighted by atomic mass is 31.4. The predicted octanol–water partition coefficient (Wildman–Crippen LogP) is 7.35. The van der Waals surface area contributed by atoms with Crippen molar-refractivity contribution in [3.8, 4) is 0 Å². The van der Waals surface area contributed by atoms with Gasteiger partial charge in [-0.15, -0.1) is 16.4 Å². The standard InChI is InChI=1S/C36H15BF15PSi/c38-22-19(23(39)29(45)34(50)28(22)44)37(20-24(40)30(46)35(51)31(47)25(20)41,21-26(42)32(48)36(52)33(49)27(21)43)53(16-10-4-1-5-11-16)54(17-12-6-2-7-13-17)18-14-8-3-9-15-18/h1-15H/q-1. The quantitative estimate of drug-likeness (QED) is 0.0497. The van der Waals surface area contributed by atoms with E-state index in [0.29, 0.717) is 0 Å². The summed E-state index contributed by atoms with van der Waals surface area (Å²) in [7, 11) is -7.31. The molecule has 18 heteroatoms. The fourth-order valence-electron chi connectivity index (χ4n) is 6.56. The third kappa shape index (κ3) is 5.79. The fraction of sp³-hybridized carbons (Fsp3) is 0. The van der Waals surface area contributed by atoms with Gasteiger partial charge < -0.3 is 0 Å². The summed E-state index contributed by atoms with van der Waals surface area (Å²) >= 11 is 0. The van der Waals surface area contributed by atoms with E-state index in [0.717, 1.165) is 24.3 Å². The molecule has 0 bridgehead atoms. The number of rotatable bonds is 8. The van der Waals surface area contributed by atoms with E-state index >= 15 is 52.7 Å². The zero-order valence-corrected chi connectivity index (χ0v) is 28.2. The molecule has 0 heterocycles. The number of hydrogen-bond acceptors (Lipinski definition) is 0. The van der Waals surface area contributed by atoms with Crippen LogP contribution in [0.2, 0.25) is 0 Å². The van der Waals surface area contributed by atoms with Crippen LogP contribution in [0.4, 0.5) is 65.9 Å². The summed E-state index contributed by atoms with van der Waals surface area (Å²) in [6.45, 7) is 0. The van der Waals surface area contributed by atoms with Crippen LogP contribution in [0, 0.1) is 87.3 Å². The third-order valence-corrected chi connectivity index (χ3v) is 18.3. The van der Waals surface area contributed by atoms with Crippen molar-refractivity contribution in [2.45, 2.75) is 0 Å². The first-order valence-electron chi connectivity index (χ1n) is 15.1. The van der Waals surface area contributed by atoms with Crippen molar-refractivity contribution in [3.63, 3.8) is 0 Å². The highest BCUT2D eigenvalue weighted by Gasteiger charge is 2.54. The fourth-order valence-corrected chi connectivity index (χ4v) is 17.6. The molecule has 0 aliphatic heterocycles. The van der Waals surface area contributed by atoms with Crippen molar-refractivity contribution in [1.29, 1.82) is 0 Å². The summed E-state index contributed by atoms with van der Waals surface area (Å²) in [6.07, 6.45) is 0. The first-order chi connectivity index (χ1) is 25.6. The molecule has 1 atom stereocenters. The molecule has 6 rings (SSSR count). The molecule has 0 saturated carbocycles. The Hall–Kier alpha value is -5.02. The summed E-state index contributed by atoms with van der Waals surface area (Å²) in [5.41, 5.74) is -7.83. The highest BCUT2D eigenvalue weighted by molar-refractivity contribution is 8.26. The Morgan fingerprint density at radius 2 is 0.519 bits per heavy atom. The average molecular weight is 802 g/mol. The summed E-state index contributed by atoms with van der Waals surface area (Å²) < 4.78 is 236. The van der Waals surface area contributed by atoms with Crippen LogP contribution < -0.4 is 32.1 Å². The molecule has 0 spiro atoms. The van der Waals surface area contributed by atoms with E-state index in [1.165, 1.54) is 66.7 Å². The van der Waals surface area contributed by atoms with E-state index in [4.69, 9.17) is 0 Å². The van der Waals surface area contributed by atoms with Crippen molar-refractivity contribution in [1.82, 2.24) is 0 Å². The van der Waals surface area contributed by atoms with Crippen LogP contribution in [0.25, 0.3) is 0 Å². The maximum atomic E-state index is 16.6. The van der Waals surface area contributed by atoms with Gasteiger partial charge in [-0.1, -0.05) is 107 Å². The van der Waals surface area contributed by atoms with Crippen molar-refractivity contribution in [2.75, 3.05) is 0 Å². The van der Waals surface area contributed by atoms with Gasteiger partial charge in [-0.3, -0.25) is 0 Å². The molecule has 0 saturated heterocycles. The van der Waals surface area contributed by atoms with Crippen LogP contribution in [0.3, 0.4) is 0 Å². The van der Waals surface area contributed by atoms with Crippen LogP contribution in [-0.4, -0.2) is 14.3 Å². The second kappa shape index (κ2) is 14.7. The molecule has 0 N–H and O–H groups in total. The Morgan fingerprint density at radius 1 is 0.296 bits per heavy atom. The van der Waals surface area contributed by atoms with E-state index in [2.05, 4.69) is 0 Å². The molecule has 0 aliphatic rings. The molecule has 0 aromatic heterocycles. The lowest BCUT2D eigenvalue weighted by molar-refractivity contribution is 0.380. The van der Waals surface area contributed by atoms with Crippen molar-refractivity contribution < 1.29 is 65.9 Å². The average Bonchev–Trinajstić information content (AvgIpc) is 3.19. The monoisotopic (exact) mass is 802 g/mol. The van der Waals surface area contributed by atoms with Crippen molar-refractivity contribution >= 4 is 53.7 Å². The van der Waals surface area contributed by atoms with Crippen LogP contribution in [0.15, 0.2) is 91.0 Å². The maximum Gasteiger partial charge on any atom is 0.200 e. The molecule has 6 aromatic carbocycles. The predicted molar refractivity (Wildman–Crippen MR) is 174 cm³/mol. The van der Waals surface area contributed by atoms with Crippen LogP contribution in [0.5, 0.6) is 0 Å². The van der Waals surface area contributed by atoms with Crippen molar-refractivity contribution in [3.05, 3.63) is 178 Å². The van der Waals surface area contributed by atoms with E-state index in [1.54, 1.807) is 0 Å². The van der Waals surface area contributed by atoms with E-state index in [-0.39, 0.29) is 10.4 Å². The number of benzene rings is 6. The minimum atomic E-state index is -5.88. The first kappa shape index (κ1) is 38.7. The molecule has 54 heavy (non-hydrogen) atoms. The maximum absolute atomic E-state index is 16.6. The molecular formula is C36H15BF15PSi-. The minimum Gasteiger partial charge on any atom is -0.232 e. The second-order valence-electron chi connectivity index (χ2n) is 11.6. The van der Waals surface area contributed by atoms with Gasteiger partial charge in [0, 0.05) is 0 Å². The zero-order chi connectivity index (χ0) is 39.4. The van der Waals surface area contributed by atoms with Crippen LogP contribution in [-0.2, 0) is 0 Å². The summed E-state index contributed by atoms with van der Waals surface area (Å²) in [6, 6.07) is 18.6. The van der Waals surface area contributed by atoms with E-state index in [9.17, 15) is 13.2 Å². The minimum absolute atomic E-state index is 0.0356. The van der Waals surface area contributed by atoms with Gasteiger partial charge in [-0.25, -0.2) is 73.2 Å². The van der Waals surface area contributed by atoms with Gasteiger partial charge in [0.1, 0.15) is 49.2 Å². The number of hydrogen-bond donors (Lipinski definition) is 0. The molecule has 0 fully saturated rings. The van der Waals surface area contributed by atoms with Gasteiger partial charge in [0.25, 0.3) is 0 Å². The normalized spacial score (nSPS) is 12.4. The summed E-state index contributed by atoms with van der Waals surface area (Å²) in [4.78, 5) is 0. The molecule has 1 unspecified atom stereocenters. The largest absolute Gasteiger partial charge is 0.232 e. The van der Waals surface area contributed by atoms with Crippen LogP contribution in [0.1, 0.15) is 0 Å². The molecule has 1 radical (unpaired) electrons. The van der Waals surface area contributed by atoms with Gasteiger partial charge in [-0.2, -0.15) is 0 Å². The molecule has 277 valence electrons. The lowest BCUT2D eigenvalue weighted by Gasteiger charge is -2.53. The molecule has 0 nitrogen and oxygen atoms in total. The van der Waals surface area contributed by atoms with Gasteiger partial charge in [-0.05, 0) is 0 Å². The number of halogens is 15. The molecule has 0 aliphatic carbocycles.